The lowest BCUT2D eigenvalue weighted by Crippen LogP contribution is -2.01. The van der Waals surface area contributed by atoms with E-state index in [0.29, 0.717) is 24.7 Å². The Kier molecular flexibility index (Phi) is 3.22. The van der Waals surface area contributed by atoms with Gasteiger partial charge in [0.05, 0.1) is 12.8 Å². The van der Waals surface area contributed by atoms with Gasteiger partial charge in [0.15, 0.2) is 0 Å². The van der Waals surface area contributed by atoms with Gasteiger partial charge in [0.25, 0.3) is 0 Å². The Bertz CT molecular complexity index is 450. The largest absolute Gasteiger partial charge is 0.489 e. The molecule has 16 heavy (non-hydrogen) atoms. The monoisotopic (exact) mass is 221 g/mol. The van der Waals surface area contributed by atoms with Crippen molar-refractivity contribution in [1.82, 2.24) is 0 Å². The first-order chi connectivity index (χ1) is 7.79. The van der Waals surface area contributed by atoms with Gasteiger partial charge in [0, 0.05) is 5.56 Å². The minimum Gasteiger partial charge on any atom is -0.489 e. The lowest BCUT2D eigenvalue weighted by atomic mass is 10.2. The van der Waals surface area contributed by atoms with Gasteiger partial charge in [-0.15, -0.1) is 0 Å². The van der Waals surface area contributed by atoms with E-state index < -0.39 is 0 Å². The Balaban J connectivity index is 1.99. The molecule has 0 saturated heterocycles. The Morgan fingerprint density at radius 1 is 1.19 bits per heavy atom. The van der Waals surface area contributed by atoms with Crippen molar-refractivity contribution in [3.05, 3.63) is 53.7 Å². The van der Waals surface area contributed by atoms with E-state index in [9.17, 15) is 4.39 Å². The van der Waals surface area contributed by atoms with E-state index in [1.54, 1.807) is 18.4 Å². The van der Waals surface area contributed by atoms with E-state index in [2.05, 4.69) is 0 Å². The van der Waals surface area contributed by atoms with Crippen molar-refractivity contribution < 1.29 is 13.5 Å². The van der Waals surface area contributed by atoms with Crippen LogP contribution in [0.4, 0.5) is 4.39 Å². The zero-order chi connectivity index (χ0) is 11.4. The Morgan fingerprint density at radius 2 is 1.94 bits per heavy atom. The minimum absolute atomic E-state index is 0.279. The van der Waals surface area contributed by atoms with Crippen LogP contribution in [-0.4, -0.2) is 0 Å². The van der Waals surface area contributed by atoms with Gasteiger partial charge >= 0.3 is 0 Å². The van der Waals surface area contributed by atoms with Gasteiger partial charge in [-0.1, -0.05) is 0 Å². The molecule has 0 bridgehead atoms. The van der Waals surface area contributed by atoms with Crippen molar-refractivity contribution in [2.45, 2.75) is 13.2 Å². The molecule has 0 unspecified atom stereocenters. The number of hydrogen-bond donors (Lipinski definition) is 1. The number of furan rings is 1. The quantitative estimate of drug-likeness (QED) is 0.862. The number of hydrogen-bond acceptors (Lipinski definition) is 3. The molecule has 4 heteroatoms. The van der Waals surface area contributed by atoms with Crippen molar-refractivity contribution >= 4 is 0 Å². The maximum Gasteiger partial charge on any atom is 0.123 e. The number of nitrogens with two attached hydrogens (primary N) is 1. The van der Waals surface area contributed by atoms with Crippen LogP contribution in [-0.2, 0) is 13.2 Å². The Morgan fingerprint density at radius 3 is 2.62 bits per heavy atom. The molecule has 0 radical (unpaired) electrons. The van der Waals surface area contributed by atoms with Gasteiger partial charge in [-0.05, 0) is 30.3 Å². The number of ether oxygens (including phenoxy) is 1. The molecular formula is C12H12FNO2. The minimum atomic E-state index is -0.279. The molecule has 0 aliphatic rings. The van der Waals surface area contributed by atoms with Crippen molar-refractivity contribution in [3.63, 3.8) is 0 Å². The van der Waals surface area contributed by atoms with Crippen LogP contribution in [0.1, 0.15) is 11.3 Å². The molecule has 0 aliphatic heterocycles. The highest BCUT2D eigenvalue weighted by molar-refractivity contribution is 5.23. The third-order valence-electron chi connectivity index (χ3n) is 2.23. The standard InChI is InChI=1S/C12H12FNO2/c13-10-1-3-11(4-2-10)16-8-9-5-6-15-12(9)7-14/h1-6H,7-8,14H2. The van der Waals surface area contributed by atoms with Crippen molar-refractivity contribution in [1.29, 1.82) is 0 Å². The van der Waals surface area contributed by atoms with E-state index in [0.717, 1.165) is 5.56 Å². The van der Waals surface area contributed by atoms with Gasteiger partial charge in [0.1, 0.15) is 23.9 Å². The second kappa shape index (κ2) is 4.81. The van der Waals surface area contributed by atoms with Crippen LogP contribution in [0.2, 0.25) is 0 Å². The van der Waals surface area contributed by atoms with Crippen LogP contribution in [0, 0.1) is 5.82 Å². The summed E-state index contributed by atoms with van der Waals surface area (Å²) < 4.78 is 23.3. The molecule has 1 aromatic carbocycles. The van der Waals surface area contributed by atoms with Gasteiger partial charge < -0.3 is 14.9 Å². The molecule has 2 N–H and O–H groups in total. The predicted octanol–water partition coefficient (Wildman–Crippen LogP) is 2.46. The first-order valence-electron chi connectivity index (χ1n) is 4.93. The average molecular weight is 221 g/mol. The van der Waals surface area contributed by atoms with Crippen LogP contribution >= 0.6 is 0 Å². The first-order valence-corrected chi connectivity index (χ1v) is 4.93. The summed E-state index contributed by atoms with van der Waals surface area (Å²) in [4.78, 5) is 0. The first kappa shape index (κ1) is 10.7. The summed E-state index contributed by atoms with van der Waals surface area (Å²) in [6.07, 6.45) is 1.57. The summed E-state index contributed by atoms with van der Waals surface area (Å²) in [6, 6.07) is 7.68. The molecule has 0 atom stereocenters. The van der Waals surface area contributed by atoms with Crippen LogP contribution in [0.15, 0.2) is 41.0 Å². The summed E-state index contributed by atoms with van der Waals surface area (Å²) in [5.74, 6) is 1.05. The molecule has 2 rings (SSSR count). The third-order valence-corrected chi connectivity index (χ3v) is 2.23. The highest BCUT2D eigenvalue weighted by Gasteiger charge is 2.05. The summed E-state index contributed by atoms with van der Waals surface area (Å²) in [5, 5.41) is 0. The molecule has 0 spiro atoms. The van der Waals surface area contributed by atoms with E-state index >= 15 is 0 Å². The lowest BCUT2D eigenvalue weighted by Gasteiger charge is -2.05. The predicted molar refractivity (Wildman–Crippen MR) is 57.3 cm³/mol. The molecule has 0 aliphatic carbocycles. The van der Waals surface area contributed by atoms with E-state index in [4.69, 9.17) is 14.9 Å². The molecule has 0 amide bonds. The number of rotatable bonds is 4. The van der Waals surface area contributed by atoms with Crippen LogP contribution in [0.5, 0.6) is 5.75 Å². The molecule has 84 valence electrons. The second-order valence-electron chi connectivity index (χ2n) is 3.32. The molecule has 1 aromatic heterocycles. The molecule has 2 aromatic rings. The molecular weight excluding hydrogens is 209 g/mol. The van der Waals surface area contributed by atoms with Crippen molar-refractivity contribution in [2.75, 3.05) is 0 Å². The van der Waals surface area contributed by atoms with E-state index in [-0.39, 0.29) is 5.82 Å². The van der Waals surface area contributed by atoms with Gasteiger partial charge in [0.2, 0.25) is 0 Å². The van der Waals surface area contributed by atoms with Crippen molar-refractivity contribution in [3.8, 4) is 5.75 Å². The van der Waals surface area contributed by atoms with Crippen molar-refractivity contribution in [2.24, 2.45) is 5.73 Å². The number of halogens is 1. The fraction of sp³-hybridized carbons (Fsp3) is 0.167. The highest BCUT2D eigenvalue weighted by Crippen LogP contribution is 2.16. The third kappa shape index (κ3) is 2.41. The Labute approximate surface area is 92.6 Å². The summed E-state index contributed by atoms with van der Waals surface area (Å²) in [7, 11) is 0. The van der Waals surface area contributed by atoms with Gasteiger partial charge in [-0.25, -0.2) is 4.39 Å². The zero-order valence-corrected chi connectivity index (χ0v) is 8.65. The fourth-order valence-electron chi connectivity index (χ4n) is 1.37. The topological polar surface area (TPSA) is 48.4 Å². The maximum absolute atomic E-state index is 12.6. The Hall–Kier alpha value is -1.81. The summed E-state index contributed by atoms with van der Waals surface area (Å²) >= 11 is 0. The SMILES string of the molecule is NCc1occc1COc1ccc(F)cc1. The summed E-state index contributed by atoms with van der Waals surface area (Å²) in [6.45, 7) is 0.712. The van der Waals surface area contributed by atoms with Crippen LogP contribution < -0.4 is 10.5 Å². The lowest BCUT2D eigenvalue weighted by molar-refractivity contribution is 0.301. The van der Waals surface area contributed by atoms with E-state index in [1.165, 1.54) is 12.1 Å². The molecule has 0 fully saturated rings. The average Bonchev–Trinajstić information content (AvgIpc) is 2.76. The smallest absolute Gasteiger partial charge is 0.123 e. The van der Waals surface area contributed by atoms with E-state index in [1.807, 2.05) is 6.07 Å². The summed E-state index contributed by atoms with van der Waals surface area (Å²) in [5.41, 5.74) is 6.39. The van der Waals surface area contributed by atoms with Crippen LogP contribution in [0.3, 0.4) is 0 Å². The maximum atomic E-state index is 12.6. The fourth-order valence-corrected chi connectivity index (χ4v) is 1.37. The molecule has 0 saturated carbocycles. The number of benzene rings is 1. The second-order valence-corrected chi connectivity index (χ2v) is 3.32. The van der Waals surface area contributed by atoms with Crippen LogP contribution in [0.25, 0.3) is 0 Å². The highest BCUT2D eigenvalue weighted by atomic mass is 19.1. The normalized spacial score (nSPS) is 10.4. The molecule has 3 nitrogen and oxygen atoms in total. The molecule has 1 heterocycles. The van der Waals surface area contributed by atoms with Gasteiger partial charge in [-0.3, -0.25) is 0 Å². The van der Waals surface area contributed by atoms with Gasteiger partial charge in [-0.2, -0.15) is 0 Å². The zero-order valence-electron chi connectivity index (χ0n) is 8.65.